The molecule has 1 fully saturated rings. The maximum absolute atomic E-state index is 13.2. The third-order valence-corrected chi connectivity index (χ3v) is 4.99. The van der Waals surface area contributed by atoms with E-state index >= 15 is 0 Å². The maximum Gasteiger partial charge on any atom is 0.141 e. The average Bonchev–Trinajstić information content (AvgIpc) is 2.51. The summed E-state index contributed by atoms with van der Waals surface area (Å²) in [6.07, 6.45) is 4.72. The highest BCUT2D eigenvalue weighted by Crippen LogP contribution is 2.48. The quantitative estimate of drug-likeness (QED) is 0.849. The molecule has 0 saturated heterocycles. The van der Waals surface area contributed by atoms with Gasteiger partial charge in [0.15, 0.2) is 0 Å². The third-order valence-electron chi connectivity index (χ3n) is 4.70. The SMILES string of the molecule is CCCC1CCC(C#N)(C(O)c2ccc(F)c(Cl)c2)CC1. The summed E-state index contributed by atoms with van der Waals surface area (Å²) in [5.74, 6) is 0.144. The normalized spacial score (nSPS) is 27.1. The topological polar surface area (TPSA) is 44.0 Å². The van der Waals surface area contributed by atoms with E-state index in [9.17, 15) is 14.8 Å². The summed E-state index contributed by atoms with van der Waals surface area (Å²) in [7, 11) is 0. The van der Waals surface area contributed by atoms with Crippen molar-refractivity contribution in [1.82, 2.24) is 0 Å². The molecule has 1 aliphatic rings. The molecule has 1 N–H and O–H groups in total. The van der Waals surface area contributed by atoms with E-state index in [4.69, 9.17) is 11.6 Å². The van der Waals surface area contributed by atoms with Gasteiger partial charge in [0.2, 0.25) is 0 Å². The molecule has 1 aliphatic carbocycles. The van der Waals surface area contributed by atoms with Gasteiger partial charge >= 0.3 is 0 Å². The van der Waals surface area contributed by atoms with E-state index in [-0.39, 0.29) is 5.02 Å². The van der Waals surface area contributed by atoms with Crippen molar-refractivity contribution in [3.05, 3.63) is 34.6 Å². The molecule has 114 valence electrons. The van der Waals surface area contributed by atoms with Crippen LogP contribution in [0.15, 0.2) is 18.2 Å². The van der Waals surface area contributed by atoms with Crippen LogP contribution in [0.4, 0.5) is 4.39 Å². The van der Waals surface area contributed by atoms with Gasteiger partial charge in [0.05, 0.1) is 22.6 Å². The standard InChI is InChI=1S/C17H21ClFNO/c1-2-3-12-6-8-17(11-20,9-7-12)16(21)13-4-5-15(19)14(18)10-13/h4-5,10,12,16,21H,2-3,6-9H2,1H3. The Morgan fingerprint density at radius 2 is 2.14 bits per heavy atom. The summed E-state index contributed by atoms with van der Waals surface area (Å²) in [5, 5.41) is 20.2. The third kappa shape index (κ3) is 3.39. The van der Waals surface area contributed by atoms with Crippen molar-refractivity contribution >= 4 is 11.6 Å². The second kappa shape index (κ2) is 6.77. The maximum atomic E-state index is 13.2. The van der Waals surface area contributed by atoms with E-state index in [1.54, 1.807) is 0 Å². The Kier molecular flexibility index (Phi) is 5.24. The fourth-order valence-corrected chi connectivity index (χ4v) is 3.53. The first-order valence-corrected chi connectivity index (χ1v) is 7.94. The van der Waals surface area contributed by atoms with Gasteiger partial charge in [-0.15, -0.1) is 0 Å². The van der Waals surface area contributed by atoms with Gasteiger partial charge < -0.3 is 5.11 Å². The fourth-order valence-electron chi connectivity index (χ4n) is 3.34. The summed E-state index contributed by atoms with van der Waals surface area (Å²) < 4.78 is 13.2. The highest BCUT2D eigenvalue weighted by molar-refractivity contribution is 6.30. The summed E-state index contributed by atoms with van der Waals surface area (Å²) in [6, 6.07) is 6.52. The number of aliphatic hydroxyl groups is 1. The predicted octanol–water partition coefficient (Wildman–Crippen LogP) is 5.01. The number of benzene rings is 1. The molecule has 2 rings (SSSR count). The van der Waals surface area contributed by atoms with Gasteiger partial charge in [-0.2, -0.15) is 5.26 Å². The van der Waals surface area contributed by atoms with E-state index < -0.39 is 17.3 Å². The predicted molar refractivity (Wildman–Crippen MR) is 81.3 cm³/mol. The number of hydrogen-bond donors (Lipinski definition) is 1. The Balaban J connectivity index is 2.17. The van der Waals surface area contributed by atoms with Crippen molar-refractivity contribution in [2.75, 3.05) is 0 Å². The molecule has 1 unspecified atom stereocenters. The number of halogens is 2. The summed E-state index contributed by atoms with van der Waals surface area (Å²) in [4.78, 5) is 0. The Hall–Kier alpha value is -1.11. The molecule has 0 radical (unpaired) electrons. The Morgan fingerprint density at radius 1 is 1.48 bits per heavy atom. The van der Waals surface area contributed by atoms with Crippen LogP contribution >= 0.6 is 11.6 Å². The van der Waals surface area contributed by atoms with Crippen LogP contribution in [0.3, 0.4) is 0 Å². The van der Waals surface area contributed by atoms with Crippen LogP contribution in [0.25, 0.3) is 0 Å². The van der Waals surface area contributed by atoms with Crippen molar-refractivity contribution in [3.63, 3.8) is 0 Å². The molecule has 0 amide bonds. The molecule has 21 heavy (non-hydrogen) atoms. The van der Waals surface area contributed by atoms with E-state index in [0.29, 0.717) is 24.3 Å². The van der Waals surface area contributed by atoms with Crippen LogP contribution in [0.2, 0.25) is 5.02 Å². The van der Waals surface area contributed by atoms with Gasteiger partial charge in [0.25, 0.3) is 0 Å². The Morgan fingerprint density at radius 3 is 2.67 bits per heavy atom. The molecule has 0 spiro atoms. The largest absolute Gasteiger partial charge is 0.387 e. The van der Waals surface area contributed by atoms with Gasteiger partial charge in [-0.3, -0.25) is 0 Å². The fraction of sp³-hybridized carbons (Fsp3) is 0.588. The van der Waals surface area contributed by atoms with Crippen molar-refractivity contribution in [2.24, 2.45) is 11.3 Å². The van der Waals surface area contributed by atoms with Crippen molar-refractivity contribution in [1.29, 1.82) is 5.26 Å². The number of rotatable bonds is 4. The van der Waals surface area contributed by atoms with Crippen LogP contribution in [0, 0.1) is 28.5 Å². The minimum absolute atomic E-state index is 0.0145. The average molecular weight is 310 g/mol. The highest BCUT2D eigenvalue weighted by atomic mass is 35.5. The molecule has 0 aliphatic heterocycles. The van der Waals surface area contributed by atoms with Crippen LogP contribution in [-0.2, 0) is 0 Å². The summed E-state index contributed by atoms with van der Waals surface area (Å²) >= 11 is 5.78. The molecule has 4 heteroatoms. The molecular formula is C17H21ClFNO. The number of nitrogens with zero attached hydrogens (tertiary/aromatic N) is 1. The molecule has 2 nitrogen and oxygen atoms in total. The summed E-state index contributed by atoms with van der Waals surface area (Å²) in [5.41, 5.74) is -0.248. The first kappa shape index (κ1) is 16.3. The number of aliphatic hydroxyl groups excluding tert-OH is 1. The Labute approximate surface area is 130 Å². The lowest BCUT2D eigenvalue weighted by Gasteiger charge is -2.38. The first-order chi connectivity index (χ1) is 10.0. The van der Waals surface area contributed by atoms with Crippen molar-refractivity contribution < 1.29 is 9.50 Å². The number of nitriles is 1. The van der Waals surface area contributed by atoms with Crippen LogP contribution in [-0.4, -0.2) is 5.11 Å². The molecule has 0 bridgehead atoms. The first-order valence-electron chi connectivity index (χ1n) is 7.56. The van der Waals surface area contributed by atoms with E-state index in [0.717, 1.165) is 19.3 Å². The smallest absolute Gasteiger partial charge is 0.141 e. The molecular weight excluding hydrogens is 289 g/mol. The van der Waals surface area contributed by atoms with Crippen LogP contribution in [0.1, 0.15) is 57.1 Å². The zero-order valence-corrected chi connectivity index (χ0v) is 13.0. The lowest BCUT2D eigenvalue weighted by Crippen LogP contribution is -2.32. The summed E-state index contributed by atoms with van der Waals surface area (Å²) in [6.45, 7) is 2.17. The number of hydrogen-bond acceptors (Lipinski definition) is 2. The second-order valence-corrected chi connectivity index (χ2v) is 6.48. The Bertz CT molecular complexity index is 532. The minimum atomic E-state index is -0.914. The van der Waals surface area contributed by atoms with E-state index in [1.165, 1.54) is 24.6 Å². The zero-order valence-electron chi connectivity index (χ0n) is 12.3. The molecule has 0 heterocycles. The monoisotopic (exact) mass is 309 g/mol. The van der Waals surface area contributed by atoms with Gasteiger partial charge in [0, 0.05) is 0 Å². The minimum Gasteiger partial charge on any atom is -0.387 e. The van der Waals surface area contributed by atoms with E-state index in [1.807, 2.05) is 0 Å². The van der Waals surface area contributed by atoms with Gasteiger partial charge in [0.1, 0.15) is 5.82 Å². The van der Waals surface area contributed by atoms with Crippen molar-refractivity contribution in [2.45, 2.75) is 51.6 Å². The molecule has 1 saturated carbocycles. The van der Waals surface area contributed by atoms with Gasteiger partial charge in [-0.25, -0.2) is 4.39 Å². The molecule has 1 aromatic rings. The second-order valence-electron chi connectivity index (χ2n) is 6.08. The van der Waals surface area contributed by atoms with Crippen molar-refractivity contribution in [3.8, 4) is 6.07 Å². The molecule has 0 aromatic heterocycles. The highest BCUT2D eigenvalue weighted by Gasteiger charge is 2.42. The lowest BCUT2D eigenvalue weighted by molar-refractivity contribution is 0.0236. The van der Waals surface area contributed by atoms with E-state index in [2.05, 4.69) is 13.0 Å². The van der Waals surface area contributed by atoms with Gasteiger partial charge in [-0.1, -0.05) is 37.4 Å². The van der Waals surface area contributed by atoms with Gasteiger partial charge in [-0.05, 0) is 49.3 Å². The van der Waals surface area contributed by atoms with Crippen LogP contribution in [0.5, 0.6) is 0 Å². The molecule has 1 aromatic carbocycles. The lowest BCUT2D eigenvalue weighted by atomic mass is 9.66. The zero-order chi connectivity index (χ0) is 15.5. The molecule has 1 atom stereocenters. The van der Waals surface area contributed by atoms with Crippen LogP contribution < -0.4 is 0 Å².